The summed E-state index contributed by atoms with van der Waals surface area (Å²) in [4.78, 5) is 13.1. The minimum Gasteiger partial charge on any atom is -0.361 e. The third-order valence-electron chi connectivity index (χ3n) is 2.57. The van der Waals surface area contributed by atoms with Crippen LogP contribution >= 0.6 is 11.3 Å². The van der Waals surface area contributed by atoms with Gasteiger partial charge in [0, 0.05) is 29.9 Å². The van der Waals surface area contributed by atoms with Crippen molar-refractivity contribution >= 4 is 23.1 Å². The monoisotopic (exact) mass is 277 g/mol. The van der Waals surface area contributed by atoms with Crippen LogP contribution in [0.1, 0.15) is 37.0 Å². The van der Waals surface area contributed by atoms with E-state index < -0.39 is 0 Å². The number of rotatable bonds is 6. The maximum absolute atomic E-state index is 4.46. The molecule has 0 radical (unpaired) electrons. The molecule has 2 N–H and O–H groups in total. The molecule has 2 heterocycles. The number of thiazole rings is 1. The van der Waals surface area contributed by atoms with Gasteiger partial charge in [-0.2, -0.15) is 4.98 Å². The summed E-state index contributed by atoms with van der Waals surface area (Å²) >= 11 is 1.64. The summed E-state index contributed by atoms with van der Waals surface area (Å²) in [6.07, 6.45) is 2.87. The standard InChI is InChI=1S/C13H19N5S/c1-4-5-15-13-16-9(2)8-11(18-13)17-10(3)12-14-6-7-19-12/h6-8,10H,4-5H2,1-3H3,(H2,15,16,17,18). The molecule has 0 saturated heterocycles. The molecule has 0 aromatic carbocycles. The van der Waals surface area contributed by atoms with E-state index in [1.165, 1.54) is 0 Å². The highest BCUT2D eigenvalue weighted by Crippen LogP contribution is 2.20. The molecule has 5 nitrogen and oxygen atoms in total. The predicted octanol–water partition coefficient (Wildman–Crippen LogP) is 3.24. The van der Waals surface area contributed by atoms with Gasteiger partial charge in [0.05, 0.1) is 6.04 Å². The molecule has 1 atom stereocenters. The van der Waals surface area contributed by atoms with Gasteiger partial charge in [-0.3, -0.25) is 0 Å². The number of aromatic nitrogens is 3. The van der Waals surface area contributed by atoms with Gasteiger partial charge in [0.15, 0.2) is 0 Å². The SMILES string of the molecule is CCCNc1nc(C)cc(NC(C)c2nccs2)n1. The molecule has 1 unspecified atom stereocenters. The lowest BCUT2D eigenvalue weighted by molar-refractivity contribution is 0.855. The van der Waals surface area contributed by atoms with E-state index in [9.17, 15) is 0 Å². The van der Waals surface area contributed by atoms with Crippen LogP contribution in [0, 0.1) is 6.92 Å². The van der Waals surface area contributed by atoms with Crippen molar-refractivity contribution in [3.05, 3.63) is 28.3 Å². The summed E-state index contributed by atoms with van der Waals surface area (Å²) in [5.41, 5.74) is 0.947. The van der Waals surface area contributed by atoms with E-state index in [0.29, 0.717) is 5.95 Å². The molecule has 0 aliphatic heterocycles. The van der Waals surface area contributed by atoms with Gasteiger partial charge >= 0.3 is 0 Å². The highest BCUT2D eigenvalue weighted by atomic mass is 32.1. The van der Waals surface area contributed by atoms with Crippen molar-refractivity contribution in [3.8, 4) is 0 Å². The van der Waals surface area contributed by atoms with Crippen LogP contribution in [0.25, 0.3) is 0 Å². The van der Waals surface area contributed by atoms with Crippen LogP contribution in [0.15, 0.2) is 17.6 Å². The number of hydrogen-bond donors (Lipinski definition) is 2. The van der Waals surface area contributed by atoms with Crippen LogP contribution in [-0.2, 0) is 0 Å². The van der Waals surface area contributed by atoms with Crippen LogP contribution in [0.5, 0.6) is 0 Å². The first-order valence-corrected chi connectivity index (χ1v) is 7.32. The van der Waals surface area contributed by atoms with Crippen molar-refractivity contribution in [2.45, 2.75) is 33.2 Å². The first-order valence-electron chi connectivity index (χ1n) is 6.44. The smallest absolute Gasteiger partial charge is 0.224 e. The summed E-state index contributed by atoms with van der Waals surface area (Å²) in [6.45, 7) is 7.05. The van der Waals surface area contributed by atoms with Gasteiger partial charge in [-0.25, -0.2) is 9.97 Å². The summed E-state index contributed by atoms with van der Waals surface area (Å²) in [5, 5.41) is 9.60. The van der Waals surface area contributed by atoms with Crippen LogP contribution < -0.4 is 10.6 Å². The largest absolute Gasteiger partial charge is 0.361 e. The van der Waals surface area contributed by atoms with Gasteiger partial charge in [-0.1, -0.05) is 6.92 Å². The Balaban J connectivity index is 2.09. The average Bonchev–Trinajstić information content (AvgIpc) is 2.89. The van der Waals surface area contributed by atoms with Crippen LogP contribution in [0.2, 0.25) is 0 Å². The third-order valence-corrected chi connectivity index (χ3v) is 3.53. The first-order chi connectivity index (χ1) is 9.19. The van der Waals surface area contributed by atoms with E-state index >= 15 is 0 Å². The lowest BCUT2D eigenvalue weighted by atomic mass is 10.3. The Morgan fingerprint density at radius 2 is 2.21 bits per heavy atom. The lowest BCUT2D eigenvalue weighted by Crippen LogP contribution is -2.11. The van der Waals surface area contributed by atoms with Crippen molar-refractivity contribution in [2.75, 3.05) is 17.2 Å². The van der Waals surface area contributed by atoms with Gasteiger partial charge < -0.3 is 10.6 Å². The maximum Gasteiger partial charge on any atom is 0.224 e. The van der Waals surface area contributed by atoms with E-state index in [1.54, 1.807) is 11.3 Å². The Labute approximate surface area is 117 Å². The van der Waals surface area contributed by atoms with E-state index in [2.05, 4.69) is 39.4 Å². The maximum atomic E-state index is 4.46. The number of aryl methyl sites for hydroxylation is 1. The van der Waals surface area contributed by atoms with Crippen molar-refractivity contribution in [1.82, 2.24) is 15.0 Å². The quantitative estimate of drug-likeness (QED) is 0.848. The summed E-state index contributed by atoms with van der Waals surface area (Å²) in [7, 11) is 0. The fourth-order valence-corrected chi connectivity index (χ4v) is 2.34. The lowest BCUT2D eigenvalue weighted by Gasteiger charge is -2.13. The molecule has 0 spiro atoms. The van der Waals surface area contributed by atoms with E-state index in [-0.39, 0.29) is 6.04 Å². The molecule has 102 valence electrons. The molecule has 19 heavy (non-hydrogen) atoms. The topological polar surface area (TPSA) is 62.7 Å². The second kappa shape index (κ2) is 6.47. The van der Waals surface area contributed by atoms with Crippen molar-refractivity contribution in [1.29, 1.82) is 0 Å². The van der Waals surface area contributed by atoms with Crippen molar-refractivity contribution in [3.63, 3.8) is 0 Å². The van der Waals surface area contributed by atoms with Crippen LogP contribution in [0.4, 0.5) is 11.8 Å². The van der Waals surface area contributed by atoms with E-state index in [4.69, 9.17) is 0 Å². The summed E-state index contributed by atoms with van der Waals surface area (Å²) < 4.78 is 0. The Hall–Kier alpha value is -1.69. The number of nitrogens with one attached hydrogen (secondary N) is 2. The van der Waals surface area contributed by atoms with E-state index in [1.807, 2.05) is 24.6 Å². The molecule has 0 aliphatic carbocycles. The molecular weight excluding hydrogens is 258 g/mol. The predicted molar refractivity (Wildman–Crippen MR) is 79.7 cm³/mol. The van der Waals surface area contributed by atoms with Crippen molar-refractivity contribution in [2.24, 2.45) is 0 Å². The van der Waals surface area contributed by atoms with Gasteiger partial charge in [-0.15, -0.1) is 11.3 Å². The first kappa shape index (κ1) is 13.7. The second-order valence-electron chi connectivity index (χ2n) is 4.38. The molecule has 2 aromatic heterocycles. The number of hydrogen-bond acceptors (Lipinski definition) is 6. The highest BCUT2D eigenvalue weighted by Gasteiger charge is 2.09. The highest BCUT2D eigenvalue weighted by molar-refractivity contribution is 7.09. The average molecular weight is 277 g/mol. The molecule has 6 heteroatoms. The normalized spacial score (nSPS) is 12.2. The Bertz CT molecular complexity index is 512. The Morgan fingerprint density at radius 3 is 2.89 bits per heavy atom. The molecule has 0 bridgehead atoms. The second-order valence-corrected chi connectivity index (χ2v) is 5.31. The third kappa shape index (κ3) is 3.89. The number of anilines is 2. The molecule has 0 aliphatic rings. The zero-order valence-electron chi connectivity index (χ0n) is 11.5. The molecule has 0 fully saturated rings. The zero-order valence-corrected chi connectivity index (χ0v) is 12.3. The minimum absolute atomic E-state index is 0.147. The molecule has 0 saturated carbocycles. The fourth-order valence-electron chi connectivity index (χ4n) is 1.69. The number of nitrogens with zero attached hydrogens (tertiary/aromatic N) is 3. The molecule has 2 aromatic rings. The minimum atomic E-state index is 0.147. The van der Waals surface area contributed by atoms with Crippen LogP contribution in [0.3, 0.4) is 0 Å². The zero-order chi connectivity index (χ0) is 13.7. The molecule has 0 amide bonds. The van der Waals surface area contributed by atoms with Gasteiger partial charge in [-0.05, 0) is 20.3 Å². The summed E-state index contributed by atoms with van der Waals surface area (Å²) in [6, 6.07) is 2.09. The van der Waals surface area contributed by atoms with Crippen molar-refractivity contribution < 1.29 is 0 Å². The van der Waals surface area contributed by atoms with Gasteiger partial charge in [0.2, 0.25) is 5.95 Å². The fraction of sp³-hybridized carbons (Fsp3) is 0.462. The van der Waals surface area contributed by atoms with Crippen LogP contribution in [-0.4, -0.2) is 21.5 Å². The summed E-state index contributed by atoms with van der Waals surface area (Å²) in [5.74, 6) is 1.50. The molecule has 2 rings (SSSR count). The van der Waals surface area contributed by atoms with E-state index in [0.717, 1.165) is 29.5 Å². The van der Waals surface area contributed by atoms with Gasteiger partial charge in [0.25, 0.3) is 0 Å². The Morgan fingerprint density at radius 1 is 1.37 bits per heavy atom. The molecular formula is C13H19N5S. The van der Waals surface area contributed by atoms with Gasteiger partial charge in [0.1, 0.15) is 10.8 Å². The Kier molecular flexibility index (Phi) is 4.68.